The standard InChI is InChI=1S/C16H19N5O3/c1-11-2-5-13(16(23)24)9-20(11)15(22)8-12-3-6-14(7-4-12)21-10-17-18-19-21/h3-4,6-7,10-11,13H,2,5,8-9H2,1H3,(H,23,24). The van der Waals surface area contributed by atoms with Gasteiger partial charge in [-0.2, -0.15) is 0 Å². The van der Waals surface area contributed by atoms with Gasteiger partial charge in [0.2, 0.25) is 5.91 Å². The zero-order chi connectivity index (χ0) is 17.1. The van der Waals surface area contributed by atoms with Gasteiger partial charge < -0.3 is 10.0 Å². The molecule has 1 amide bonds. The Morgan fingerprint density at radius 3 is 2.62 bits per heavy atom. The van der Waals surface area contributed by atoms with Crippen LogP contribution in [0.2, 0.25) is 0 Å². The van der Waals surface area contributed by atoms with E-state index in [1.165, 1.54) is 11.0 Å². The molecule has 1 aromatic heterocycles. The number of carboxylic acids is 1. The number of hydrogen-bond acceptors (Lipinski definition) is 5. The lowest BCUT2D eigenvalue weighted by Crippen LogP contribution is -2.47. The molecule has 1 aliphatic rings. The van der Waals surface area contributed by atoms with Crippen LogP contribution in [0, 0.1) is 5.92 Å². The smallest absolute Gasteiger partial charge is 0.308 e. The van der Waals surface area contributed by atoms with E-state index in [1.54, 1.807) is 4.90 Å². The Hall–Kier alpha value is -2.77. The van der Waals surface area contributed by atoms with E-state index in [2.05, 4.69) is 15.5 Å². The van der Waals surface area contributed by atoms with Crippen LogP contribution >= 0.6 is 0 Å². The molecule has 2 heterocycles. The van der Waals surface area contributed by atoms with Crippen molar-refractivity contribution in [2.24, 2.45) is 5.92 Å². The maximum atomic E-state index is 12.6. The van der Waals surface area contributed by atoms with Crippen molar-refractivity contribution < 1.29 is 14.7 Å². The number of carboxylic acid groups (broad SMARTS) is 1. The first-order chi connectivity index (χ1) is 11.5. The Balaban J connectivity index is 1.66. The lowest BCUT2D eigenvalue weighted by molar-refractivity contribution is -0.146. The molecule has 1 N–H and O–H groups in total. The van der Waals surface area contributed by atoms with Gasteiger partial charge in [0.25, 0.3) is 0 Å². The fourth-order valence-electron chi connectivity index (χ4n) is 2.98. The maximum absolute atomic E-state index is 12.6. The summed E-state index contributed by atoms with van der Waals surface area (Å²) in [7, 11) is 0. The number of hydrogen-bond donors (Lipinski definition) is 1. The highest BCUT2D eigenvalue weighted by atomic mass is 16.4. The molecule has 24 heavy (non-hydrogen) atoms. The summed E-state index contributed by atoms with van der Waals surface area (Å²) in [5, 5.41) is 20.2. The molecule has 2 aromatic rings. The van der Waals surface area contributed by atoms with E-state index in [0.29, 0.717) is 6.42 Å². The summed E-state index contributed by atoms with van der Waals surface area (Å²) >= 11 is 0. The quantitative estimate of drug-likeness (QED) is 0.895. The summed E-state index contributed by atoms with van der Waals surface area (Å²) in [5.74, 6) is -1.33. The second kappa shape index (κ2) is 6.77. The molecule has 2 unspecified atom stereocenters. The molecule has 8 nitrogen and oxygen atoms in total. The lowest BCUT2D eigenvalue weighted by Gasteiger charge is -2.36. The van der Waals surface area contributed by atoms with E-state index >= 15 is 0 Å². The highest BCUT2D eigenvalue weighted by Gasteiger charge is 2.32. The van der Waals surface area contributed by atoms with Crippen molar-refractivity contribution in [1.29, 1.82) is 0 Å². The van der Waals surface area contributed by atoms with Crippen molar-refractivity contribution >= 4 is 11.9 Å². The summed E-state index contributed by atoms with van der Waals surface area (Å²) in [5.41, 5.74) is 1.69. The van der Waals surface area contributed by atoms with Crippen LogP contribution in [0.1, 0.15) is 25.3 Å². The first-order valence-electron chi connectivity index (χ1n) is 7.89. The first-order valence-corrected chi connectivity index (χ1v) is 7.89. The zero-order valence-corrected chi connectivity index (χ0v) is 13.4. The molecule has 0 radical (unpaired) electrons. The van der Waals surface area contributed by atoms with Gasteiger partial charge in [0.05, 0.1) is 18.0 Å². The summed E-state index contributed by atoms with van der Waals surface area (Å²) in [6, 6.07) is 7.49. The number of likely N-dealkylation sites (tertiary alicyclic amines) is 1. The number of piperidine rings is 1. The van der Waals surface area contributed by atoms with Gasteiger partial charge in [-0.3, -0.25) is 9.59 Å². The van der Waals surface area contributed by atoms with Gasteiger partial charge >= 0.3 is 5.97 Å². The van der Waals surface area contributed by atoms with Gasteiger partial charge in [0.15, 0.2) is 0 Å². The van der Waals surface area contributed by atoms with E-state index in [-0.39, 0.29) is 24.9 Å². The first kappa shape index (κ1) is 16.1. The Morgan fingerprint density at radius 1 is 1.25 bits per heavy atom. The molecule has 0 spiro atoms. The zero-order valence-electron chi connectivity index (χ0n) is 13.4. The highest BCUT2D eigenvalue weighted by Crippen LogP contribution is 2.23. The molecule has 0 bridgehead atoms. The van der Waals surface area contributed by atoms with E-state index in [1.807, 2.05) is 31.2 Å². The molecule has 0 saturated carbocycles. The van der Waals surface area contributed by atoms with Crippen LogP contribution in [-0.2, 0) is 16.0 Å². The van der Waals surface area contributed by atoms with Crippen LogP contribution in [-0.4, -0.2) is 54.7 Å². The van der Waals surface area contributed by atoms with Gasteiger partial charge in [0, 0.05) is 12.6 Å². The Kier molecular flexibility index (Phi) is 4.54. The fraction of sp³-hybridized carbons (Fsp3) is 0.438. The third kappa shape index (κ3) is 3.42. The van der Waals surface area contributed by atoms with Crippen molar-refractivity contribution in [3.63, 3.8) is 0 Å². The number of amides is 1. The minimum absolute atomic E-state index is 0.0383. The number of aromatic nitrogens is 4. The highest BCUT2D eigenvalue weighted by molar-refractivity contribution is 5.80. The average Bonchev–Trinajstić information content (AvgIpc) is 3.10. The van der Waals surface area contributed by atoms with Crippen LogP contribution in [0.5, 0.6) is 0 Å². The van der Waals surface area contributed by atoms with E-state index in [4.69, 9.17) is 0 Å². The number of tetrazole rings is 1. The predicted molar refractivity (Wildman–Crippen MR) is 84.4 cm³/mol. The minimum atomic E-state index is -0.828. The van der Waals surface area contributed by atoms with Gasteiger partial charge in [-0.15, -0.1) is 5.10 Å². The molecule has 0 aliphatic carbocycles. The number of carbonyl (C=O) groups excluding carboxylic acids is 1. The lowest BCUT2D eigenvalue weighted by atomic mass is 9.93. The topological polar surface area (TPSA) is 101 Å². The third-order valence-corrected chi connectivity index (χ3v) is 4.46. The number of rotatable bonds is 4. The third-order valence-electron chi connectivity index (χ3n) is 4.46. The van der Waals surface area contributed by atoms with Crippen LogP contribution in [0.25, 0.3) is 5.69 Å². The van der Waals surface area contributed by atoms with Gasteiger partial charge in [0.1, 0.15) is 6.33 Å². The predicted octanol–water partition coefficient (Wildman–Crippen LogP) is 0.916. The number of carbonyl (C=O) groups is 2. The van der Waals surface area contributed by atoms with Crippen molar-refractivity contribution in [3.8, 4) is 5.69 Å². The van der Waals surface area contributed by atoms with Crippen LogP contribution in [0.15, 0.2) is 30.6 Å². The summed E-state index contributed by atoms with van der Waals surface area (Å²) in [4.78, 5) is 25.4. The average molecular weight is 329 g/mol. The Labute approximate surface area is 139 Å². The second-order valence-electron chi connectivity index (χ2n) is 6.11. The second-order valence-corrected chi connectivity index (χ2v) is 6.11. The van der Waals surface area contributed by atoms with Crippen molar-refractivity contribution in [2.75, 3.05) is 6.54 Å². The van der Waals surface area contributed by atoms with Gasteiger partial charge in [-0.1, -0.05) is 12.1 Å². The molecule has 1 fully saturated rings. The van der Waals surface area contributed by atoms with Crippen molar-refractivity contribution in [2.45, 2.75) is 32.2 Å². The molecule has 1 aromatic carbocycles. The molecule has 126 valence electrons. The normalized spacial score (nSPS) is 20.8. The Morgan fingerprint density at radius 2 is 2.00 bits per heavy atom. The molecule has 2 atom stereocenters. The molecular weight excluding hydrogens is 310 g/mol. The van der Waals surface area contributed by atoms with E-state index in [0.717, 1.165) is 17.7 Å². The maximum Gasteiger partial charge on any atom is 0.308 e. The van der Waals surface area contributed by atoms with Crippen molar-refractivity contribution in [3.05, 3.63) is 36.2 Å². The van der Waals surface area contributed by atoms with Crippen LogP contribution < -0.4 is 0 Å². The van der Waals surface area contributed by atoms with Gasteiger partial charge in [-0.25, -0.2) is 4.68 Å². The minimum Gasteiger partial charge on any atom is -0.481 e. The van der Waals surface area contributed by atoms with E-state index in [9.17, 15) is 14.7 Å². The van der Waals surface area contributed by atoms with Crippen LogP contribution in [0.3, 0.4) is 0 Å². The molecule has 1 aliphatic heterocycles. The molecule has 3 rings (SSSR count). The fourth-order valence-corrected chi connectivity index (χ4v) is 2.98. The van der Waals surface area contributed by atoms with Gasteiger partial charge in [-0.05, 0) is 47.9 Å². The largest absolute Gasteiger partial charge is 0.481 e. The Bertz CT molecular complexity index is 714. The van der Waals surface area contributed by atoms with Crippen molar-refractivity contribution in [1.82, 2.24) is 25.1 Å². The summed E-state index contributed by atoms with van der Waals surface area (Å²) in [6.45, 7) is 2.26. The molecular formula is C16H19N5O3. The monoisotopic (exact) mass is 329 g/mol. The van der Waals surface area contributed by atoms with Crippen LogP contribution in [0.4, 0.5) is 0 Å². The number of aliphatic carboxylic acids is 1. The molecule has 1 saturated heterocycles. The number of nitrogens with zero attached hydrogens (tertiary/aromatic N) is 5. The SMILES string of the molecule is CC1CCC(C(=O)O)CN1C(=O)Cc1ccc(-n2cnnn2)cc1. The summed E-state index contributed by atoms with van der Waals surface area (Å²) < 4.78 is 1.54. The summed E-state index contributed by atoms with van der Waals surface area (Å²) in [6.07, 6.45) is 3.11. The molecule has 8 heteroatoms. The number of benzene rings is 1. The van der Waals surface area contributed by atoms with E-state index < -0.39 is 11.9 Å².